The normalized spacial score (nSPS) is 11.1. The Morgan fingerprint density at radius 2 is 1.05 bits per heavy atom. The second kappa shape index (κ2) is 13.3. The van der Waals surface area contributed by atoms with Gasteiger partial charge >= 0.3 is 0 Å². The van der Waals surface area contributed by atoms with Crippen LogP contribution in [0.1, 0.15) is 48.4 Å². The largest absolute Gasteiger partial charge is 0.492 e. The number of hydrogen-bond donors (Lipinski definition) is 2. The number of anilines is 2. The van der Waals surface area contributed by atoms with Gasteiger partial charge in [-0.25, -0.2) is 0 Å². The number of halogens is 2. The summed E-state index contributed by atoms with van der Waals surface area (Å²) in [5.74, 6) is 1.69. The Balaban J connectivity index is 1.52. The number of rotatable bonds is 10. The third-order valence-electron chi connectivity index (χ3n) is 5.95. The van der Waals surface area contributed by atoms with Crippen LogP contribution in [-0.4, -0.2) is 25.0 Å². The molecule has 40 heavy (non-hydrogen) atoms. The van der Waals surface area contributed by atoms with Crippen molar-refractivity contribution in [1.82, 2.24) is 0 Å². The Kier molecular flexibility index (Phi) is 9.87. The first kappa shape index (κ1) is 29.6. The molecular formula is C32H32Br2N2O4. The maximum Gasteiger partial charge on any atom is 0.255 e. The van der Waals surface area contributed by atoms with E-state index in [9.17, 15) is 9.59 Å². The quantitative estimate of drug-likeness (QED) is 0.177. The van der Waals surface area contributed by atoms with Crippen LogP contribution in [-0.2, 0) is 0 Å². The van der Waals surface area contributed by atoms with Crippen LogP contribution in [0.15, 0.2) is 81.7 Å². The molecule has 4 rings (SSSR count). The van der Waals surface area contributed by atoms with Crippen molar-refractivity contribution in [2.24, 2.45) is 11.8 Å². The van der Waals surface area contributed by atoms with E-state index in [1.54, 1.807) is 36.4 Å². The molecule has 0 spiro atoms. The zero-order chi connectivity index (χ0) is 28.8. The summed E-state index contributed by atoms with van der Waals surface area (Å²) in [4.78, 5) is 26.2. The lowest BCUT2D eigenvalue weighted by Gasteiger charge is -2.14. The third kappa shape index (κ3) is 7.43. The molecule has 0 aliphatic heterocycles. The van der Waals surface area contributed by atoms with Crippen molar-refractivity contribution in [1.29, 1.82) is 0 Å². The monoisotopic (exact) mass is 666 g/mol. The van der Waals surface area contributed by atoms with Crippen LogP contribution in [0.2, 0.25) is 0 Å². The molecule has 0 atom stereocenters. The summed E-state index contributed by atoms with van der Waals surface area (Å²) < 4.78 is 13.0. The molecule has 6 nitrogen and oxygen atoms in total. The van der Waals surface area contributed by atoms with Gasteiger partial charge in [-0.2, -0.15) is 0 Å². The molecule has 0 aromatic heterocycles. The number of amides is 2. The zero-order valence-electron chi connectivity index (χ0n) is 22.9. The van der Waals surface area contributed by atoms with Crippen LogP contribution >= 0.6 is 31.9 Å². The van der Waals surface area contributed by atoms with Gasteiger partial charge in [0, 0.05) is 33.3 Å². The van der Waals surface area contributed by atoms with Gasteiger partial charge in [-0.05, 0) is 92.2 Å². The topological polar surface area (TPSA) is 76.7 Å². The predicted molar refractivity (Wildman–Crippen MR) is 169 cm³/mol. The molecule has 4 aromatic rings. The van der Waals surface area contributed by atoms with E-state index in [2.05, 4.69) is 70.2 Å². The van der Waals surface area contributed by atoms with Crippen LogP contribution in [0.4, 0.5) is 11.4 Å². The Bertz CT molecular complexity index is 1420. The fourth-order valence-electron chi connectivity index (χ4n) is 3.95. The molecule has 0 aliphatic carbocycles. The summed E-state index contributed by atoms with van der Waals surface area (Å²) in [7, 11) is 0. The summed E-state index contributed by atoms with van der Waals surface area (Å²) in [6, 6.07) is 21.8. The minimum atomic E-state index is -0.248. The molecular weight excluding hydrogens is 636 g/mol. The highest BCUT2D eigenvalue weighted by molar-refractivity contribution is 9.10. The van der Waals surface area contributed by atoms with Crippen molar-refractivity contribution in [3.63, 3.8) is 0 Å². The molecule has 0 radical (unpaired) electrons. The summed E-state index contributed by atoms with van der Waals surface area (Å²) in [5.41, 5.74) is 2.28. The number of hydrogen-bond acceptors (Lipinski definition) is 4. The minimum Gasteiger partial charge on any atom is -0.492 e. The van der Waals surface area contributed by atoms with E-state index >= 15 is 0 Å². The highest BCUT2D eigenvalue weighted by Gasteiger charge is 2.15. The fraction of sp³-hybridized carbons (Fsp3) is 0.250. The van der Waals surface area contributed by atoms with Gasteiger partial charge < -0.3 is 20.1 Å². The molecule has 8 heteroatoms. The molecule has 0 fully saturated rings. The van der Waals surface area contributed by atoms with Crippen LogP contribution in [0.25, 0.3) is 10.8 Å². The number of nitrogens with one attached hydrogen (secondary N) is 2. The van der Waals surface area contributed by atoms with Crippen molar-refractivity contribution in [2.45, 2.75) is 27.7 Å². The number of benzene rings is 4. The molecule has 0 aliphatic rings. The summed E-state index contributed by atoms with van der Waals surface area (Å²) in [6.07, 6.45) is 0. The Morgan fingerprint density at radius 3 is 1.40 bits per heavy atom. The summed E-state index contributed by atoms with van der Waals surface area (Å²) in [5, 5.41) is 7.64. The van der Waals surface area contributed by atoms with Gasteiger partial charge in [-0.1, -0.05) is 52.0 Å². The lowest BCUT2D eigenvalue weighted by atomic mass is 10.1. The van der Waals surface area contributed by atoms with Gasteiger partial charge in [-0.15, -0.1) is 0 Å². The summed E-state index contributed by atoms with van der Waals surface area (Å²) in [6.45, 7) is 9.51. The molecule has 2 amide bonds. The molecule has 0 saturated heterocycles. The van der Waals surface area contributed by atoms with E-state index in [-0.39, 0.29) is 11.8 Å². The van der Waals surface area contributed by atoms with Gasteiger partial charge in [0.15, 0.2) is 0 Å². The molecule has 208 valence electrons. The smallest absolute Gasteiger partial charge is 0.255 e. The standard InChI is InChI=1S/C32H32Br2N2O4/c1-19(2)17-39-29-13-11-21(15-25(29)33)31(37)35-27-9-5-8-24-23(27)7-6-10-28(24)36-32(38)22-12-14-30(26(34)16-22)40-18-20(3)4/h5-16,19-20H,17-18H2,1-4H3,(H,35,37)(H,36,38). The van der Waals surface area contributed by atoms with E-state index in [0.717, 1.165) is 19.7 Å². The van der Waals surface area contributed by atoms with E-state index in [1.165, 1.54) is 0 Å². The average Bonchev–Trinajstić information content (AvgIpc) is 2.91. The van der Waals surface area contributed by atoms with Crippen LogP contribution in [0.3, 0.4) is 0 Å². The molecule has 0 saturated carbocycles. The molecule has 0 unspecified atom stereocenters. The Labute approximate surface area is 251 Å². The Hall–Kier alpha value is -3.36. The van der Waals surface area contributed by atoms with Gasteiger partial charge in [0.05, 0.1) is 22.2 Å². The lowest BCUT2D eigenvalue weighted by Crippen LogP contribution is -2.14. The van der Waals surface area contributed by atoms with Crippen molar-refractivity contribution in [2.75, 3.05) is 23.8 Å². The third-order valence-corrected chi connectivity index (χ3v) is 7.19. The summed E-state index contributed by atoms with van der Waals surface area (Å²) >= 11 is 7.02. The van der Waals surface area contributed by atoms with Crippen LogP contribution in [0, 0.1) is 11.8 Å². The number of carbonyl (C=O) groups excluding carboxylic acids is 2. The molecule has 4 aromatic carbocycles. The first-order valence-electron chi connectivity index (χ1n) is 13.1. The molecule has 2 N–H and O–H groups in total. The predicted octanol–water partition coefficient (Wildman–Crippen LogP) is 8.94. The minimum absolute atomic E-state index is 0.248. The Morgan fingerprint density at radius 1 is 0.650 bits per heavy atom. The average molecular weight is 668 g/mol. The second-order valence-electron chi connectivity index (χ2n) is 10.3. The van der Waals surface area contributed by atoms with Gasteiger partial charge in [0.1, 0.15) is 11.5 Å². The molecule has 0 heterocycles. The first-order chi connectivity index (χ1) is 19.1. The number of carbonyl (C=O) groups is 2. The lowest BCUT2D eigenvalue weighted by molar-refractivity contribution is 0.101. The highest BCUT2D eigenvalue weighted by Crippen LogP contribution is 2.32. The number of fused-ring (bicyclic) bond motifs is 1. The molecule has 0 bridgehead atoms. The van der Waals surface area contributed by atoms with Gasteiger partial charge in [0.2, 0.25) is 0 Å². The second-order valence-corrected chi connectivity index (χ2v) is 12.0. The SMILES string of the molecule is CC(C)COc1ccc(C(=O)Nc2cccc3c(NC(=O)c4ccc(OCC(C)C)c(Br)c4)cccc23)cc1Br. The van der Waals surface area contributed by atoms with Crippen molar-refractivity contribution in [3.05, 3.63) is 92.9 Å². The van der Waals surface area contributed by atoms with Gasteiger partial charge in [-0.3, -0.25) is 9.59 Å². The van der Waals surface area contributed by atoms with Crippen molar-refractivity contribution in [3.8, 4) is 11.5 Å². The van der Waals surface area contributed by atoms with Crippen molar-refractivity contribution >= 4 is 65.8 Å². The highest BCUT2D eigenvalue weighted by atomic mass is 79.9. The van der Waals surface area contributed by atoms with Crippen LogP contribution in [0.5, 0.6) is 11.5 Å². The number of ether oxygens (including phenoxy) is 2. The van der Waals surface area contributed by atoms with E-state index in [4.69, 9.17) is 9.47 Å². The van der Waals surface area contributed by atoms with Crippen molar-refractivity contribution < 1.29 is 19.1 Å². The maximum atomic E-state index is 13.1. The zero-order valence-corrected chi connectivity index (χ0v) is 26.1. The van der Waals surface area contributed by atoms with E-state index in [0.29, 0.717) is 59.1 Å². The maximum absolute atomic E-state index is 13.1. The van der Waals surface area contributed by atoms with E-state index < -0.39 is 0 Å². The van der Waals surface area contributed by atoms with Gasteiger partial charge in [0.25, 0.3) is 11.8 Å². The first-order valence-corrected chi connectivity index (χ1v) is 14.7. The van der Waals surface area contributed by atoms with E-state index in [1.807, 2.05) is 36.4 Å². The fourth-order valence-corrected chi connectivity index (χ4v) is 4.93. The van der Waals surface area contributed by atoms with Crippen LogP contribution < -0.4 is 20.1 Å².